The van der Waals surface area contributed by atoms with E-state index in [4.69, 9.17) is 10.2 Å². The SMILES string of the molecule is O=C(O)c1c(F)c(F)c(C(F)(F)C(F)(F)F)c(F)c1C(=O)O. The lowest BCUT2D eigenvalue weighted by Gasteiger charge is -2.22. The zero-order chi connectivity index (χ0) is 17.6. The number of hydrogen-bond acceptors (Lipinski definition) is 2. The van der Waals surface area contributed by atoms with Gasteiger partial charge in [-0.2, -0.15) is 22.0 Å². The average Bonchev–Trinajstić information content (AvgIpc) is 2.30. The van der Waals surface area contributed by atoms with Gasteiger partial charge in [0.25, 0.3) is 0 Å². The molecule has 0 aliphatic carbocycles. The van der Waals surface area contributed by atoms with Gasteiger partial charge < -0.3 is 10.2 Å². The van der Waals surface area contributed by atoms with Gasteiger partial charge >= 0.3 is 24.0 Å². The molecule has 0 spiro atoms. The molecule has 0 unspecified atom stereocenters. The molecule has 1 aromatic carbocycles. The summed E-state index contributed by atoms with van der Waals surface area (Å²) < 4.78 is 103. The number of carbonyl (C=O) groups is 2. The molecule has 12 heteroatoms. The molecule has 0 amide bonds. The standard InChI is InChI=1S/C10H2F8O4/c11-4-1(7(19)20)2(8(21)22)5(12)6(13)3(4)9(14,15)10(16,17)18/h(H,19,20)(H,21,22). The molecular formula is C10H2F8O4. The largest absolute Gasteiger partial charge is 0.478 e. The summed E-state index contributed by atoms with van der Waals surface area (Å²) in [5, 5.41) is 16.9. The lowest BCUT2D eigenvalue weighted by Crippen LogP contribution is -2.37. The fourth-order valence-corrected chi connectivity index (χ4v) is 1.48. The summed E-state index contributed by atoms with van der Waals surface area (Å²) in [6, 6.07) is 0. The van der Waals surface area contributed by atoms with Crippen LogP contribution in [0.4, 0.5) is 35.1 Å². The highest BCUT2D eigenvalue weighted by Gasteiger charge is 2.62. The van der Waals surface area contributed by atoms with E-state index in [-0.39, 0.29) is 0 Å². The Morgan fingerprint density at radius 2 is 1.09 bits per heavy atom. The molecule has 22 heavy (non-hydrogen) atoms. The summed E-state index contributed by atoms with van der Waals surface area (Å²) in [5.74, 6) is -20.6. The first-order valence-electron chi connectivity index (χ1n) is 4.87. The second kappa shape index (κ2) is 5.10. The number of hydrogen-bond donors (Lipinski definition) is 2. The molecule has 0 aliphatic heterocycles. The zero-order valence-electron chi connectivity index (χ0n) is 9.73. The summed E-state index contributed by atoms with van der Waals surface area (Å²) in [4.78, 5) is 21.2. The van der Waals surface area contributed by atoms with E-state index in [2.05, 4.69) is 0 Å². The molecule has 0 aromatic heterocycles. The monoisotopic (exact) mass is 338 g/mol. The van der Waals surface area contributed by atoms with Crippen LogP contribution in [0, 0.1) is 17.5 Å². The third-order valence-electron chi connectivity index (χ3n) is 2.42. The Labute approximate surface area is 114 Å². The number of halogens is 8. The van der Waals surface area contributed by atoms with Gasteiger partial charge in [-0.05, 0) is 0 Å². The highest BCUT2D eigenvalue weighted by atomic mass is 19.4. The first-order valence-corrected chi connectivity index (χ1v) is 4.87. The van der Waals surface area contributed by atoms with Crippen LogP contribution in [0.1, 0.15) is 26.3 Å². The molecular weight excluding hydrogens is 336 g/mol. The Bertz CT molecular complexity index is 664. The van der Waals surface area contributed by atoms with Crippen LogP contribution in [-0.4, -0.2) is 28.3 Å². The lowest BCUT2D eigenvalue weighted by atomic mass is 9.97. The Morgan fingerprint density at radius 3 is 1.41 bits per heavy atom. The highest BCUT2D eigenvalue weighted by Crippen LogP contribution is 2.47. The van der Waals surface area contributed by atoms with E-state index < -0.39 is 58.2 Å². The Kier molecular flexibility index (Phi) is 4.09. The maximum atomic E-state index is 13.6. The molecule has 2 N–H and O–H groups in total. The molecule has 0 radical (unpaired) electrons. The highest BCUT2D eigenvalue weighted by molar-refractivity contribution is 6.02. The minimum absolute atomic E-state index is 2.22. The van der Waals surface area contributed by atoms with E-state index in [1.54, 1.807) is 0 Å². The summed E-state index contributed by atoms with van der Waals surface area (Å²) in [6.45, 7) is 0. The van der Waals surface area contributed by atoms with E-state index >= 15 is 0 Å². The minimum atomic E-state index is -6.58. The second-order valence-corrected chi connectivity index (χ2v) is 3.75. The van der Waals surface area contributed by atoms with Crippen LogP contribution >= 0.6 is 0 Å². The van der Waals surface area contributed by atoms with Gasteiger partial charge in [-0.15, -0.1) is 0 Å². The predicted octanol–water partition coefficient (Wildman–Crippen LogP) is 3.15. The molecule has 0 aliphatic rings. The normalized spacial score (nSPS) is 12.4. The number of rotatable bonds is 3. The molecule has 0 bridgehead atoms. The zero-order valence-corrected chi connectivity index (χ0v) is 9.73. The van der Waals surface area contributed by atoms with Crippen LogP contribution < -0.4 is 0 Å². The van der Waals surface area contributed by atoms with Gasteiger partial charge in [0.1, 0.15) is 16.7 Å². The van der Waals surface area contributed by atoms with E-state index in [0.717, 1.165) is 0 Å². The molecule has 0 fully saturated rings. The van der Waals surface area contributed by atoms with E-state index in [0.29, 0.717) is 0 Å². The van der Waals surface area contributed by atoms with Crippen molar-refractivity contribution in [3.8, 4) is 0 Å². The summed E-state index contributed by atoms with van der Waals surface area (Å²) in [7, 11) is 0. The van der Waals surface area contributed by atoms with Crippen molar-refractivity contribution in [1.82, 2.24) is 0 Å². The predicted molar refractivity (Wildman–Crippen MR) is 50.2 cm³/mol. The van der Waals surface area contributed by atoms with Gasteiger partial charge in [-0.3, -0.25) is 0 Å². The maximum Gasteiger partial charge on any atom is 0.458 e. The van der Waals surface area contributed by atoms with Gasteiger partial charge in [-0.25, -0.2) is 22.8 Å². The number of aromatic carboxylic acids is 2. The minimum Gasteiger partial charge on any atom is -0.478 e. The maximum absolute atomic E-state index is 13.6. The van der Waals surface area contributed by atoms with Gasteiger partial charge in [0.2, 0.25) is 0 Å². The van der Waals surface area contributed by atoms with Crippen molar-refractivity contribution in [3.63, 3.8) is 0 Å². The lowest BCUT2D eigenvalue weighted by molar-refractivity contribution is -0.291. The fourth-order valence-electron chi connectivity index (χ4n) is 1.48. The Hall–Kier alpha value is -2.40. The van der Waals surface area contributed by atoms with Crippen molar-refractivity contribution < 1.29 is 54.9 Å². The molecule has 0 atom stereocenters. The quantitative estimate of drug-likeness (QED) is 0.656. The number of carboxylic acids is 2. The first kappa shape index (κ1) is 17.7. The third-order valence-corrected chi connectivity index (χ3v) is 2.42. The van der Waals surface area contributed by atoms with E-state index in [1.807, 2.05) is 0 Å². The molecule has 1 rings (SSSR count). The first-order chi connectivity index (χ1) is 9.75. The van der Waals surface area contributed by atoms with Gasteiger partial charge in [0, 0.05) is 0 Å². The fraction of sp³-hybridized carbons (Fsp3) is 0.200. The van der Waals surface area contributed by atoms with Crippen molar-refractivity contribution in [2.24, 2.45) is 0 Å². The van der Waals surface area contributed by atoms with Crippen LogP contribution in [-0.2, 0) is 5.92 Å². The Balaban J connectivity index is 4.01. The van der Waals surface area contributed by atoms with Crippen LogP contribution in [0.15, 0.2) is 0 Å². The summed E-state index contributed by atoms with van der Waals surface area (Å²) in [5.41, 5.74) is -7.81. The van der Waals surface area contributed by atoms with Crippen LogP contribution in [0.5, 0.6) is 0 Å². The second-order valence-electron chi connectivity index (χ2n) is 3.75. The molecule has 122 valence electrons. The molecule has 4 nitrogen and oxygen atoms in total. The van der Waals surface area contributed by atoms with Crippen LogP contribution in [0.2, 0.25) is 0 Å². The molecule has 0 heterocycles. The van der Waals surface area contributed by atoms with Crippen LogP contribution in [0.3, 0.4) is 0 Å². The number of alkyl halides is 5. The van der Waals surface area contributed by atoms with E-state index in [9.17, 15) is 44.7 Å². The summed E-state index contributed by atoms with van der Waals surface area (Å²) in [6.07, 6.45) is -6.58. The summed E-state index contributed by atoms with van der Waals surface area (Å²) >= 11 is 0. The van der Waals surface area contributed by atoms with Crippen LogP contribution in [0.25, 0.3) is 0 Å². The third kappa shape index (κ3) is 2.44. The van der Waals surface area contributed by atoms with Crippen molar-refractivity contribution in [1.29, 1.82) is 0 Å². The number of benzene rings is 1. The van der Waals surface area contributed by atoms with Gasteiger partial charge in [-0.1, -0.05) is 0 Å². The smallest absolute Gasteiger partial charge is 0.458 e. The van der Waals surface area contributed by atoms with Gasteiger partial charge in [0.15, 0.2) is 17.5 Å². The molecule has 0 saturated heterocycles. The average molecular weight is 338 g/mol. The van der Waals surface area contributed by atoms with Crippen molar-refractivity contribution in [2.45, 2.75) is 12.1 Å². The van der Waals surface area contributed by atoms with Crippen molar-refractivity contribution in [2.75, 3.05) is 0 Å². The molecule has 1 aromatic rings. The van der Waals surface area contributed by atoms with Crippen molar-refractivity contribution in [3.05, 3.63) is 34.1 Å². The molecule has 0 saturated carbocycles. The van der Waals surface area contributed by atoms with Gasteiger partial charge in [0.05, 0.1) is 0 Å². The Morgan fingerprint density at radius 1 is 0.727 bits per heavy atom. The van der Waals surface area contributed by atoms with E-state index in [1.165, 1.54) is 0 Å². The number of carboxylic acid groups (broad SMARTS) is 2. The topological polar surface area (TPSA) is 74.6 Å². The van der Waals surface area contributed by atoms with Crippen molar-refractivity contribution >= 4 is 11.9 Å².